The number of hydrogen-bond donors (Lipinski definition) is 1. The molecule has 1 aromatic rings. The Kier molecular flexibility index (Phi) is 3.14. The van der Waals surface area contributed by atoms with Crippen LogP contribution in [0, 0.1) is 23.2 Å². The molecule has 2 rings (SSSR count). The molecule has 0 amide bonds. The summed E-state index contributed by atoms with van der Waals surface area (Å²) in [5.41, 5.74) is 1.08. The molecule has 1 N–H and O–H groups in total. The molecular weight excluding hydrogens is 214 g/mol. The topological polar surface area (TPSA) is 61.1 Å². The number of benzene rings is 1. The molecular formula is C14H15NO2. The van der Waals surface area contributed by atoms with Gasteiger partial charge in [0.15, 0.2) is 0 Å². The van der Waals surface area contributed by atoms with Crippen LogP contribution >= 0.6 is 0 Å². The lowest BCUT2D eigenvalue weighted by atomic mass is 9.84. The minimum Gasteiger partial charge on any atom is -0.478 e. The second kappa shape index (κ2) is 4.58. The van der Waals surface area contributed by atoms with Crippen molar-refractivity contribution >= 4 is 5.97 Å². The monoisotopic (exact) mass is 229 g/mol. The molecule has 0 saturated heterocycles. The molecule has 1 aromatic carbocycles. The molecule has 2 unspecified atom stereocenters. The third-order valence-corrected chi connectivity index (χ3v) is 3.52. The molecule has 0 bridgehead atoms. The van der Waals surface area contributed by atoms with Gasteiger partial charge in [0.2, 0.25) is 0 Å². The maximum Gasteiger partial charge on any atom is 0.335 e. The van der Waals surface area contributed by atoms with Crippen molar-refractivity contribution in [2.24, 2.45) is 11.8 Å². The highest BCUT2D eigenvalue weighted by molar-refractivity contribution is 5.87. The van der Waals surface area contributed by atoms with Gasteiger partial charge in [0.05, 0.1) is 17.6 Å². The Morgan fingerprint density at radius 2 is 2.24 bits per heavy atom. The molecule has 3 heteroatoms. The first-order valence-electron chi connectivity index (χ1n) is 5.86. The Morgan fingerprint density at radius 3 is 2.76 bits per heavy atom. The second-order valence-electron chi connectivity index (χ2n) is 4.73. The Bertz CT molecular complexity index is 471. The SMILES string of the molecule is CC(C1CC1)C(C#N)c1cccc(C(=O)O)c1. The number of nitrogens with zero attached hydrogens (tertiary/aromatic N) is 1. The maximum absolute atomic E-state index is 10.9. The second-order valence-corrected chi connectivity index (χ2v) is 4.73. The van der Waals surface area contributed by atoms with Gasteiger partial charge in [-0.1, -0.05) is 19.1 Å². The Balaban J connectivity index is 2.27. The predicted molar refractivity (Wildman–Crippen MR) is 63.6 cm³/mol. The fourth-order valence-corrected chi connectivity index (χ4v) is 2.25. The highest BCUT2D eigenvalue weighted by atomic mass is 16.4. The maximum atomic E-state index is 10.9. The minimum atomic E-state index is -0.942. The van der Waals surface area contributed by atoms with E-state index in [1.165, 1.54) is 12.8 Å². The molecule has 3 nitrogen and oxygen atoms in total. The first-order chi connectivity index (χ1) is 8.13. The van der Waals surface area contributed by atoms with Crippen molar-refractivity contribution in [2.45, 2.75) is 25.7 Å². The summed E-state index contributed by atoms with van der Waals surface area (Å²) in [6, 6.07) is 9.05. The number of aromatic carboxylic acids is 1. The summed E-state index contributed by atoms with van der Waals surface area (Å²) < 4.78 is 0. The standard InChI is InChI=1S/C14H15NO2/c1-9(10-5-6-10)13(8-15)11-3-2-4-12(7-11)14(16)17/h2-4,7,9-10,13H,5-6H2,1H3,(H,16,17). The van der Waals surface area contributed by atoms with Crippen LogP contribution in [0.2, 0.25) is 0 Å². The van der Waals surface area contributed by atoms with Crippen molar-refractivity contribution in [3.63, 3.8) is 0 Å². The van der Waals surface area contributed by atoms with E-state index in [0.29, 0.717) is 11.8 Å². The van der Waals surface area contributed by atoms with Crippen LogP contribution in [-0.4, -0.2) is 11.1 Å². The molecule has 1 aliphatic rings. The molecule has 1 saturated carbocycles. The van der Waals surface area contributed by atoms with Crippen LogP contribution in [0.3, 0.4) is 0 Å². The van der Waals surface area contributed by atoms with Crippen LogP contribution in [0.15, 0.2) is 24.3 Å². The summed E-state index contributed by atoms with van der Waals surface area (Å²) in [5.74, 6) is -0.193. The number of hydrogen-bond acceptors (Lipinski definition) is 2. The number of carbonyl (C=O) groups is 1. The van der Waals surface area contributed by atoms with Gasteiger partial charge in [-0.15, -0.1) is 0 Å². The van der Waals surface area contributed by atoms with Crippen molar-refractivity contribution in [3.8, 4) is 6.07 Å². The number of carboxylic acids is 1. The first kappa shape index (κ1) is 11.7. The molecule has 0 heterocycles. The minimum absolute atomic E-state index is 0.193. The van der Waals surface area contributed by atoms with E-state index in [-0.39, 0.29) is 11.5 Å². The normalized spacial score (nSPS) is 18.1. The van der Waals surface area contributed by atoms with E-state index >= 15 is 0 Å². The van der Waals surface area contributed by atoms with E-state index in [2.05, 4.69) is 13.0 Å². The lowest BCUT2D eigenvalue weighted by Crippen LogP contribution is -2.11. The van der Waals surface area contributed by atoms with Gasteiger partial charge in [0.1, 0.15) is 0 Å². The third kappa shape index (κ3) is 2.47. The van der Waals surface area contributed by atoms with E-state index in [9.17, 15) is 10.1 Å². The molecule has 0 aromatic heterocycles. The zero-order chi connectivity index (χ0) is 12.4. The Hall–Kier alpha value is -1.82. The largest absolute Gasteiger partial charge is 0.478 e. The Labute approximate surface area is 101 Å². The molecule has 0 spiro atoms. The van der Waals surface area contributed by atoms with Gasteiger partial charge < -0.3 is 5.11 Å². The van der Waals surface area contributed by atoms with Gasteiger partial charge in [-0.2, -0.15) is 5.26 Å². The van der Waals surface area contributed by atoms with Crippen LogP contribution in [0.5, 0.6) is 0 Å². The van der Waals surface area contributed by atoms with Crippen LogP contribution < -0.4 is 0 Å². The van der Waals surface area contributed by atoms with E-state index in [1.807, 2.05) is 6.07 Å². The van der Waals surface area contributed by atoms with Gasteiger partial charge in [0.25, 0.3) is 0 Å². The van der Waals surface area contributed by atoms with Crippen molar-refractivity contribution < 1.29 is 9.90 Å². The van der Waals surface area contributed by atoms with Gasteiger partial charge >= 0.3 is 5.97 Å². The molecule has 2 atom stereocenters. The van der Waals surface area contributed by atoms with Gasteiger partial charge in [-0.25, -0.2) is 4.79 Å². The van der Waals surface area contributed by atoms with E-state index in [0.717, 1.165) is 5.56 Å². The molecule has 0 aliphatic heterocycles. The summed E-state index contributed by atoms with van der Waals surface area (Å²) >= 11 is 0. The summed E-state index contributed by atoms with van der Waals surface area (Å²) in [4.78, 5) is 10.9. The fraction of sp³-hybridized carbons (Fsp3) is 0.429. The van der Waals surface area contributed by atoms with Crippen molar-refractivity contribution in [2.75, 3.05) is 0 Å². The van der Waals surface area contributed by atoms with Crippen LogP contribution in [0.4, 0.5) is 0 Å². The highest BCUT2D eigenvalue weighted by Crippen LogP contribution is 2.43. The van der Waals surface area contributed by atoms with Gasteiger partial charge in [-0.3, -0.25) is 0 Å². The molecule has 0 radical (unpaired) electrons. The molecule has 88 valence electrons. The van der Waals surface area contributed by atoms with Crippen molar-refractivity contribution in [1.29, 1.82) is 5.26 Å². The molecule has 1 aliphatic carbocycles. The fourth-order valence-electron chi connectivity index (χ4n) is 2.25. The molecule has 17 heavy (non-hydrogen) atoms. The smallest absolute Gasteiger partial charge is 0.335 e. The van der Waals surface area contributed by atoms with Crippen LogP contribution in [0.1, 0.15) is 41.6 Å². The van der Waals surface area contributed by atoms with E-state index < -0.39 is 5.97 Å². The van der Waals surface area contributed by atoms with Crippen molar-refractivity contribution in [3.05, 3.63) is 35.4 Å². The summed E-state index contributed by atoms with van der Waals surface area (Å²) in [6.45, 7) is 2.08. The number of carboxylic acid groups (broad SMARTS) is 1. The molecule has 1 fully saturated rings. The predicted octanol–water partition coefficient (Wildman–Crippen LogP) is 3.04. The summed E-state index contributed by atoms with van der Waals surface area (Å²) in [5, 5.41) is 18.2. The Morgan fingerprint density at radius 1 is 1.53 bits per heavy atom. The zero-order valence-electron chi connectivity index (χ0n) is 9.76. The first-order valence-corrected chi connectivity index (χ1v) is 5.86. The van der Waals surface area contributed by atoms with Gasteiger partial charge in [-0.05, 0) is 42.4 Å². The summed E-state index contributed by atoms with van der Waals surface area (Å²) in [6.07, 6.45) is 2.38. The average molecular weight is 229 g/mol. The lowest BCUT2D eigenvalue weighted by Gasteiger charge is -2.17. The zero-order valence-corrected chi connectivity index (χ0v) is 9.76. The number of nitriles is 1. The third-order valence-electron chi connectivity index (χ3n) is 3.52. The van der Waals surface area contributed by atoms with Crippen LogP contribution in [-0.2, 0) is 0 Å². The van der Waals surface area contributed by atoms with Crippen molar-refractivity contribution in [1.82, 2.24) is 0 Å². The van der Waals surface area contributed by atoms with Gasteiger partial charge in [0, 0.05) is 0 Å². The van der Waals surface area contributed by atoms with E-state index in [4.69, 9.17) is 5.11 Å². The average Bonchev–Trinajstić information content (AvgIpc) is 3.14. The lowest BCUT2D eigenvalue weighted by molar-refractivity contribution is 0.0696. The number of rotatable bonds is 4. The quantitative estimate of drug-likeness (QED) is 0.863. The summed E-state index contributed by atoms with van der Waals surface area (Å²) in [7, 11) is 0. The highest BCUT2D eigenvalue weighted by Gasteiger charge is 2.34. The van der Waals surface area contributed by atoms with E-state index in [1.54, 1.807) is 18.2 Å². The van der Waals surface area contributed by atoms with Crippen LogP contribution in [0.25, 0.3) is 0 Å².